The number of hydrogen-bond acceptors (Lipinski definition) is 3. The van der Waals surface area contributed by atoms with Gasteiger partial charge in [-0.3, -0.25) is 0 Å². The summed E-state index contributed by atoms with van der Waals surface area (Å²) in [6.07, 6.45) is 3.50. The van der Waals surface area contributed by atoms with Crippen LogP contribution in [0.15, 0.2) is 135 Å². The first-order valence-electron chi connectivity index (χ1n) is 13.3. The molecule has 0 spiro atoms. The third-order valence-electron chi connectivity index (χ3n) is 5.25. The number of aryl methyl sites for hydroxylation is 1. The molecule has 0 N–H and O–H groups in total. The van der Waals surface area contributed by atoms with Gasteiger partial charge in [0, 0.05) is 11.1 Å². The molecule has 3 nitrogen and oxygen atoms in total. The van der Waals surface area contributed by atoms with E-state index in [1.54, 1.807) is 12.2 Å². The van der Waals surface area contributed by atoms with Crippen LogP contribution in [-0.4, -0.2) is 15.0 Å². The molecule has 39 heavy (non-hydrogen) atoms. The summed E-state index contributed by atoms with van der Waals surface area (Å²) in [5.74, 6) is 2.09. The van der Waals surface area contributed by atoms with Crippen molar-refractivity contribution in [2.75, 3.05) is 0 Å². The van der Waals surface area contributed by atoms with Gasteiger partial charge in [0.05, 0.1) is 0 Å². The Labute approximate surface area is 234 Å². The lowest BCUT2D eigenvalue weighted by Gasteiger charge is -2.08. The normalized spacial score (nSPS) is 9.36. The SMILES string of the molecule is C=CC.C=CC.CC.Cc1nc(-c2ccc(-c3ccccc3)cc2)nc(-c2ccc(-c3ccccc3)cc2)n1. The zero-order chi connectivity index (χ0) is 28.5. The van der Waals surface area contributed by atoms with Gasteiger partial charge in [0.2, 0.25) is 0 Å². The van der Waals surface area contributed by atoms with Crippen LogP contribution in [0.5, 0.6) is 0 Å². The molecule has 3 heteroatoms. The molecule has 1 aromatic heterocycles. The summed E-state index contributed by atoms with van der Waals surface area (Å²) in [5, 5.41) is 0. The van der Waals surface area contributed by atoms with Gasteiger partial charge in [-0.05, 0) is 43.0 Å². The third-order valence-corrected chi connectivity index (χ3v) is 5.25. The zero-order valence-electron chi connectivity index (χ0n) is 23.8. The Hall–Kier alpha value is -4.63. The lowest BCUT2D eigenvalue weighted by molar-refractivity contribution is 0.992. The predicted molar refractivity (Wildman–Crippen MR) is 169 cm³/mol. The van der Waals surface area contributed by atoms with E-state index >= 15 is 0 Å². The molecular weight excluding hydrogens is 474 g/mol. The molecule has 198 valence electrons. The van der Waals surface area contributed by atoms with Gasteiger partial charge >= 0.3 is 0 Å². The first-order valence-corrected chi connectivity index (χ1v) is 13.3. The van der Waals surface area contributed by atoms with Gasteiger partial charge < -0.3 is 0 Å². The van der Waals surface area contributed by atoms with E-state index in [1.807, 2.05) is 71.0 Å². The number of nitrogens with zero attached hydrogens (tertiary/aromatic N) is 3. The molecule has 0 amide bonds. The van der Waals surface area contributed by atoms with Crippen molar-refractivity contribution >= 4 is 0 Å². The molecular formula is C36H39N3. The largest absolute Gasteiger partial charge is 0.213 e. The molecule has 5 rings (SSSR count). The van der Waals surface area contributed by atoms with Crippen LogP contribution in [0.4, 0.5) is 0 Å². The molecule has 0 aliphatic rings. The lowest BCUT2D eigenvalue weighted by Crippen LogP contribution is -1.99. The third kappa shape index (κ3) is 9.32. The Kier molecular flexibility index (Phi) is 13.3. The molecule has 4 aromatic carbocycles. The van der Waals surface area contributed by atoms with E-state index < -0.39 is 0 Å². The van der Waals surface area contributed by atoms with Crippen LogP contribution in [0.25, 0.3) is 45.0 Å². The van der Waals surface area contributed by atoms with Crippen LogP contribution in [0.1, 0.15) is 33.5 Å². The van der Waals surface area contributed by atoms with Crippen molar-refractivity contribution in [1.29, 1.82) is 0 Å². The summed E-state index contributed by atoms with van der Waals surface area (Å²) in [4.78, 5) is 13.9. The first-order chi connectivity index (χ1) is 19.1. The highest BCUT2D eigenvalue weighted by Gasteiger charge is 2.09. The molecule has 0 aliphatic heterocycles. The molecule has 5 aromatic rings. The van der Waals surface area contributed by atoms with Crippen LogP contribution in [-0.2, 0) is 0 Å². The maximum atomic E-state index is 4.76. The van der Waals surface area contributed by atoms with Crippen LogP contribution in [0, 0.1) is 6.92 Å². The van der Waals surface area contributed by atoms with E-state index in [4.69, 9.17) is 4.98 Å². The van der Waals surface area contributed by atoms with Gasteiger partial charge in [-0.1, -0.05) is 135 Å². The number of rotatable bonds is 4. The van der Waals surface area contributed by atoms with Gasteiger partial charge in [-0.25, -0.2) is 15.0 Å². The van der Waals surface area contributed by atoms with Gasteiger partial charge in [0.15, 0.2) is 11.6 Å². The first kappa shape index (κ1) is 30.6. The fourth-order valence-electron chi connectivity index (χ4n) is 3.62. The second kappa shape index (κ2) is 17.0. The highest BCUT2D eigenvalue weighted by Crippen LogP contribution is 2.26. The van der Waals surface area contributed by atoms with Crippen molar-refractivity contribution in [3.8, 4) is 45.0 Å². The van der Waals surface area contributed by atoms with E-state index in [0.717, 1.165) is 11.1 Å². The second-order valence-corrected chi connectivity index (χ2v) is 8.23. The molecule has 0 saturated heterocycles. The summed E-state index contributed by atoms with van der Waals surface area (Å²) < 4.78 is 0. The quantitative estimate of drug-likeness (QED) is 0.224. The molecule has 0 atom stereocenters. The molecule has 0 fully saturated rings. The van der Waals surface area contributed by atoms with Crippen LogP contribution < -0.4 is 0 Å². The number of aromatic nitrogens is 3. The molecule has 1 heterocycles. The minimum atomic E-state index is 0.689. The average Bonchev–Trinajstić information content (AvgIpc) is 3.00. The van der Waals surface area contributed by atoms with Gasteiger partial charge in [0.1, 0.15) is 5.82 Å². The van der Waals surface area contributed by atoms with Crippen molar-refractivity contribution < 1.29 is 0 Å². The lowest BCUT2D eigenvalue weighted by atomic mass is 10.0. The van der Waals surface area contributed by atoms with Crippen LogP contribution >= 0.6 is 0 Å². The standard InChI is InChI=1S/C28H21N3.2C3H6.C2H6/c1-20-29-27(25-16-12-23(13-17-25)21-8-4-2-5-9-21)31-28(30-20)26-18-14-24(15-19-26)22-10-6-3-7-11-22;2*1-3-2;1-2/h2-19H,1H3;2*3H,1H2,2H3;1-2H3. The van der Waals surface area contributed by atoms with Gasteiger partial charge in [-0.2, -0.15) is 0 Å². The molecule has 0 bridgehead atoms. The van der Waals surface area contributed by atoms with Gasteiger partial charge in [0.25, 0.3) is 0 Å². The fraction of sp³-hybridized carbons (Fsp3) is 0.139. The Morgan fingerprint density at radius 1 is 0.436 bits per heavy atom. The van der Waals surface area contributed by atoms with E-state index in [-0.39, 0.29) is 0 Å². The van der Waals surface area contributed by atoms with Crippen molar-refractivity contribution in [2.45, 2.75) is 34.6 Å². The average molecular weight is 514 g/mol. The highest BCUT2D eigenvalue weighted by molar-refractivity contribution is 5.70. The summed E-state index contributed by atoms with van der Waals surface area (Å²) in [5.41, 5.74) is 6.69. The second-order valence-electron chi connectivity index (χ2n) is 8.23. The maximum absolute atomic E-state index is 4.76. The minimum Gasteiger partial charge on any atom is -0.213 e. The molecule has 0 unspecified atom stereocenters. The monoisotopic (exact) mass is 513 g/mol. The van der Waals surface area contributed by atoms with Crippen LogP contribution in [0.2, 0.25) is 0 Å². The van der Waals surface area contributed by atoms with E-state index in [9.17, 15) is 0 Å². The Bertz CT molecular complexity index is 1280. The number of allylic oxidation sites excluding steroid dienone is 2. The Morgan fingerprint density at radius 3 is 1.00 bits per heavy atom. The summed E-state index contributed by atoms with van der Waals surface area (Å²) in [6.45, 7) is 16.4. The van der Waals surface area contributed by atoms with E-state index in [0.29, 0.717) is 17.5 Å². The highest BCUT2D eigenvalue weighted by atomic mass is 15.0. The maximum Gasteiger partial charge on any atom is 0.163 e. The van der Waals surface area contributed by atoms with Gasteiger partial charge in [-0.15, -0.1) is 13.2 Å². The number of benzene rings is 4. The fourth-order valence-corrected chi connectivity index (χ4v) is 3.62. The Balaban J connectivity index is 0.000000602. The van der Waals surface area contributed by atoms with E-state index in [2.05, 4.69) is 95.9 Å². The van der Waals surface area contributed by atoms with Crippen molar-refractivity contribution in [1.82, 2.24) is 15.0 Å². The number of hydrogen-bond donors (Lipinski definition) is 0. The van der Waals surface area contributed by atoms with Crippen molar-refractivity contribution in [2.24, 2.45) is 0 Å². The molecule has 0 saturated carbocycles. The smallest absolute Gasteiger partial charge is 0.163 e. The summed E-state index contributed by atoms with van der Waals surface area (Å²) >= 11 is 0. The van der Waals surface area contributed by atoms with Crippen molar-refractivity contribution in [3.63, 3.8) is 0 Å². The minimum absolute atomic E-state index is 0.689. The Morgan fingerprint density at radius 2 is 0.692 bits per heavy atom. The van der Waals surface area contributed by atoms with E-state index in [1.165, 1.54) is 22.3 Å². The van der Waals surface area contributed by atoms with Crippen LogP contribution in [0.3, 0.4) is 0 Å². The molecule has 0 radical (unpaired) electrons. The summed E-state index contributed by atoms with van der Waals surface area (Å²) in [6, 6.07) is 37.4. The van der Waals surface area contributed by atoms with Crippen molar-refractivity contribution in [3.05, 3.63) is 140 Å². The molecule has 0 aliphatic carbocycles. The predicted octanol–water partition coefficient (Wildman–Crippen LogP) is 10.3. The topological polar surface area (TPSA) is 38.7 Å². The summed E-state index contributed by atoms with van der Waals surface area (Å²) in [7, 11) is 0. The zero-order valence-corrected chi connectivity index (χ0v) is 23.8.